The van der Waals surface area contributed by atoms with Crippen LogP contribution in [0.1, 0.15) is 120 Å². The molecule has 0 amide bonds. The Labute approximate surface area is 297 Å². The van der Waals surface area contributed by atoms with Crippen molar-refractivity contribution in [3.8, 4) is 0 Å². The third-order valence-corrected chi connectivity index (χ3v) is 22.4. The molecule has 1 N–H and O–H groups in total. The van der Waals surface area contributed by atoms with Crippen LogP contribution < -0.4 is 0 Å². The minimum atomic E-state index is -2.01. The quantitative estimate of drug-likeness (QED) is 0.125. The van der Waals surface area contributed by atoms with Gasteiger partial charge in [-0.3, -0.25) is 0 Å². The minimum absolute atomic E-state index is 0.00692. The molecule has 0 aromatic heterocycles. The van der Waals surface area contributed by atoms with Gasteiger partial charge in [0.2, 0.25) is 0 Å². The average Bonchev–Trinajstić information content (AvgIpc) is 3.32. The van der Waals surface area contributed by atoms with Crippen molar-refractivity contribution < 1.29 is 23.5 Å². The van der Waals surface area contributed by atoms with Crippen molar-refractivity contribution in [3.63, 3.8) is 0 Å². The van der Waals surface area contributed by atoms with Crippen LogP contribution in [0.3, 0.4) is 0 Å². The molecule has 0 aromatic carbocycles. The number of aliphatic hydroxyl groups excluding tert-OH is 1. The van der Waals surface area contributed by atoms with E-state index in [2.05, 4.69) is 107 Å². The normalized spacial score (nSPS) is 30.3. The second-order valence-electron chi connectivity index (χ2n) is 18.9. The van der Waals surface area contributed by atoms with E-state index < -0.39 is 28.7 Å². The van der Waals surface area contributed by atoms with E-state index in [1.54, 1.807) is 5.57 Å². The highest BCUT2D eigenvalue weighted by molar-refractivity contribution is 6.74. The molecular weight excluding hydrogens is 629 g/mol. The zero-order valence-electron chi connectivity index (χ0n) is 33.2. The molecule has 0 saturated heterocycles. The van der Waals surface area contributed by atoms with Crippen molar-refractivity contribution in [1.82, 2.24) is 0 Å². The van der Waals surface area contributed by atoms with Gasteiger partial charge in [0, 0.05) is 18.4 Å². The van der Waals surface area contributed by atoms with Gasteiger partial charge in [-0.25, -0.2) is 4.79 Å². The average molecular weight is 701 g/mol. The van der Waals surface area contributed by atoms with E-state index in [1.807, 2.05) is 0 Å². The molecule has 3 aliphatic carbocycles. The number of hydrogen-bond donors (Lipinski definition) is 1. The molecule has 0 radical (unpaired) electrons. The minimum Gasteiger partial charge on any atom is -0.466 e. The Morgan fingerprint density at radius 3 is 2.21 bits per heavy atom. The van der Waals surface area contributed by atoms with Crippen LogP contribution in [-0.4, -0.2) is 53.1 Å². The SMILES string of the molecule is C=C(CC(O)CC[C@@H](C)[C@H]1CCC2/C(=C/C=C3/C[C@@H](O[Si](C)(C)C(C)(C)C)C[C@H](O[Si](C)(C)C(C)(C)C)C3=C)CCC[C@@]21C)C(=O)OC. The summed E-state index contributed by atoms with van der Waals surface area (Å²) in [4.78, 5) is 11.8. The smallest absolute Gasteiger partial charge is 0.333 e. The van der Waals surface area contributed by atoms with Crippen LogP contribution in [0.4, 0.5) is 0 Å². The molecule has 0 aliphatic heterocycles. The summed E-state index contributed by atoms with van der Waals surface area (Å²) in [7, 11) is -2.61. The van der Waals surface area contributed by atoms with Crippen molar-refractivity contribution in [1.29, 1.82) is 0 Å². The first-order valence-electron chi connectivity index (χ1n) is 18.8. The molecule has 2 unspecified atom stereocenters. The van der Waals surface area contributed by atoms with Gasteiger partial charge in [0.15, 0.2) is 16.6 Å². The van der Waals surface area contributed by atoms with Gasteiger partial charge in [-0.1, -0.05) is 86.3 Å². The fourth-order valence-electron chi connectivity index (χ4n) is 8.25. The summed E-state index contributed by atoms with van der Waals surface area (Å²) < 4.78 is 18.9. The number of rotatable bonds is 12. The zero-order valence-corrected chi connectivity index (χ0v) is 35.2. The standard InChI is InChI=1S/C41H72O5Si2/c1-28(18-21-33(42)25-29(2)38(43)44-11)35-22-23-36-31(17-16-24-41(35,36)10)19-20-32-26-34(45-47(12,13)39(4,5)6)27-37(30(32)3)46-48(14,15)40(7,8)9/h19-20,28,33-37,42H,2-3,16-18,21-27H2,1,4-15H3/b31-19+,32-20-/t28-,33?,34-,35-,36?,37+,41-/m1/s1. The van der Waals surface area contributed by atoms with Gasteiger partial charge >= 0.3 is 5.97 Å². The van der Waals surface area contributed by atoms with Gasteiger partial charge in [-0.2, -0.15) is 0 Å². The third-order valence-electron chi connectivity index (χ3n) is 13.4. The first kappa shape index (κ1) is 41.2. The molecule has 7 atom stereocenters. The number of carbonyl (C=O) groups is 1. The first-order chi connectivity index (χ1) is 21.9. The van der Waals surface area contributed by atoms with Gasteiger partial charge in [0.25, 0.3) is 0 Å². The highest BCUT2D eigenvalue weighted by atomic mass is 28.4. The predicted octanol–water partition coefficient (Wildman–Crippen LogP) is 11.1. The summed E-state index contributed by atoms with van der Waals surface area (Å²) >= 11 is 0. The summed E-state index contributed by atoms with van der Waals surface area (Å²) in [5.41, 5.74) is 4.67. The Morgan fingerprint density at radius 2 is 1.62 bits per heavy atom. The molecule has 3 saturated carbocycles. The van der Waals surface area contributed by atoms with Crippen LogP contribution in [-0.2, 0) is 18.4 Å². The van der Waals surface area contributed by atoms with E-state index in [0.717, 1.165) is 24.8 Å². The lowest BCUT2D eigenvalue weighted by Gasteiger charge is -2.46. The largest absolute Gasteiger partial charge is 0.466 e. The maximum absolute atomic E-state index is 11.8. The maximum Gasteiger partial charge on any atom is 0.333 e. The molecular formula is C41H72O5Si2. The Bertz CT molecular complexity index is 1230. The molecule has 0 spiro atoms. The lowest BCUT2D eigenvalue weighted by atomic mass is 9.60. The number of methoxy groups -OCH3 is 1. The molecule has 0 bridgehead atoms. The number of ether oxygens (including phenoxy) is 1. The summed E-state index contributed by atoms with van der Waals surface area (Å²) in [5, 5.41) is 10.9. The van der Waals surface area contributed by atoms with E-state index in [4.69, 9.17) is 13.6 Å². The fraction of sp³-hybridized carbons (Fsp3) is 0.780. The second-order valence-corrected chi connectivity index (χ2v) is 28.4. The van der Waals surface area contributed by atoms with Gasteiger partial charge < -0.3 is 18.7 Å². The molecule has 0 heterocycles. The van der Waals surface area contributed by atoms with Gasteiger partial charge in [0.05, 0.1) is 25.4 Å². The molecule has 3 fully saturated rings. The molecule has 3 aliphatic rings. The van der Waals surface area contributed by atoms with E-state index >= 15 is 0 Å². The molecule has 48 heavy (non-hydrogen) atoms. The van der Waals surface area contributed by atoms with Crippen molar-refractivity contribution in [2.75, 3.05) is 7.11 Å². The summed E-state index contributed by atoms with van der Waals surface area (Å²) in [6, 6.07) is 0. The zero-order chi connectivity index (χ0) is 36.5. The van der Waals surface area contributed by atoms with Crippen molar-refractivity contribution in [3.05, 3.63) is 47.6 Å². The Hall–Kier alpha value is -1.26. The number of aliphatic hydroxyl groups is 1. The van der Waals surface area contributed by atoms with Crippen LogP contribution >= 0.6 is 0 Å². The van der Waals surface area contributed by atoms with E-state index in [0.29, 0.717) is 29.7 Å². The summed E-state index contributed by atoms with van der Waals surface area (Å²) in [5.74, 6) is 1.30. The van der Waals surface area contributed by atoms with Crippen LogP contribution in [0, 0.1) is 23.2 Å². The Kier molecular flexibility index (Phi) is 13.3. The highest BCUT2D eigenvalue weighted by Crippen LogP contribution is 2.60. The Morgan fingerprint density at radius 1 is 1.02 bits per heavy atom. The lowest BCUT2D eigenvalue weighted by Crippen LogP contribution is -2.49. The van der Waals surface area contributed by atoms with Crippen LogP contribution in [0.2, 0.25) is 36.3 Å². The number of hydrogen-bond acceptors (Lipinski definition) is 5. The van der Waals surface area contributed by atoms with Gasteiger partial charge in [-0.15, -0.1) is 0 Å². The number of carbonyl (C=O) groups excluding carboxylic acids is 1. The Balaban J connectivity index is 1.81. The summed E-state index contributed by atoms with van der Waals surface area (Å²) in [6.07, 6.45) is 14.3. The van der Waals surface area contributed by atoms with E-state index in [-0.39, 0.29) is 34.1 Å². The predicted molar refractivity (Wildman–Crippen MR) is 207 cm³/mol. The highest BCUT2D eigenvalue weighted by Gasteiger charge is 2.51. The summed E-state index contributed by atoms with van der Waals surface area (Å²) in [6.45, 7) is 36.7. The fourth-order valence-corrected chi connectivity index (χ4v) is 10.9. The van der Waals surface area contributed by atoms with Crippen LogP contribution in [0.15, 0.2) is 47.6 Å². The van der Waals surface area contributed by atoms with Crippen molar-refractivity contribution in [2.45, 2.75) is 174 Å². The van der Waals surface area contributed by atoms with E-state index in [1.165, 1.54) is 44.8 Å². The van der Waals surface area contributed by atoms with Gasteiger partial charge in [-0.05, 0) is 122 Å². The molecule has 0 aromatic rings. The van der Waals surface area contributed by atoms with Crippen molar-refractivity contribution >= 4 is 22.6 Å². The lowest BCUT2D eigenvalue weighted by molar-refractivity contribution is -0.136. The molecule has 274 valence electrons. The van der Waals surface area contributed by atoms with Gasteiger partial charge in [0.1, 0.15) is 0 Å². The monoisotopic (exact) mass is 700 g/mol. The molecule has 7 heteroatoms. The van der Waals surface area contributed by atoms with Crippen LogP contribution in [0.5, 0.6) is 0 Å². The van der Waals surface area contributed by atoms with E-state index in [9.17, 15) is 9.90 Å². The number of fused-ring (bicyclic) bond motifs is 1. The topological polar surface area (TPSA) is 65.0 Å². The number of allylic oxidation sites excluding steroid dienone is 3. The molecule has 3 rings (SSSR count). The van der Waals surface area contributed by atoms with Crippen molar-refractivity contribution in [2.24, 2.45) is 23.2 Å². The number of esters is 1. The third kappa shape index (κ3) is 9.54. The second kappa shape index (κ2) is 15.5. The first-order valence-corrected chi connectivity index (χ1v) is 24.6. The van der Waals surface area contributed by atoms with Crippen LogP contribution in [0.25, 0.3) is 0 Å². The molecule has 5 nitrogen and oxygen atoms in total. The maximum atomic E-state index is 11.8.